The van der Waals surface area contributed by atoms with Gasteiger partial charge in [0.15, 0.2) is 11.5 Å². The number of thiocarbonyl (C=S) groups is 1. The van der Waals surface area contributed by atoms with E-state index in [0.717, 1.165) is 11.3 Å². The lowest BCUT2D eigenvalue weighted by molar-refractivity contribution is -0.122. The summed E-state index contributed by atoms with van der Waals surface area (Å²) in [5.74, 6) is 1.07. The van der Waals surface area contributed by atoms with E-state index in [0.29, 0.717) is 63.6 Å². The van der Waals surface area contributed by atoms with Gasteiger partial charge in [-0.25, -0.2) is 13.1 Å². The fraction of sp³-hybridized carbons (Fsp3) is 0.242. The molecule has 4 aromatic rings. The number of sulfonamides is 1. The monoisotopic (exact) mass is 662 g/mol. The van der Waals surface area contributed by atoms with E-state index in [4.69, 9.17) is 26.8 Å². The molecule has 1 aliphatic heterocycles. The highest BCUT2D eigenvalue weighted by atomic mass is 32.2. The number of rotatable bonds is 12. The Hall–Kier alpha value is -3.97. The van der Waals surface area contributed by atoms with Crippen LogP contribution in [0, 0.1) is 0 Å². The number of carbonyl (C=O) groups excluding carboxylic acids is 1. The Morgan fingerprint density at radius 1 is 0.956 bits per heavy atom. The Morgan fingerprint density at radius 2 is 1.69 bits per heavy atom. The van der Waals surface area contributed by atoms with Gasteiger partial charge in [0.05, 0.1) is 29.7 Å². The average molecular weight is 663 g/mol. The number of para-hydroxylation sites is 1. The molecule has 234 valence electrons. The van der Waals surface area contributed by atoms with Gasteiger partial charge in [-0.2, -0.15) is 9.40 Å². The summed E-state index contributed by atoms with van der Waals surface area (Å²) in [6.45, 7) is 4.76. The van der Waals surface area contributed by atoms with Crippen LogP contribution in [0.3, 0.4) is 0 Å². The van der Waals surface area contributed by atoms with E-state index in [1.54, 1.807) is 48.1 Å². The molecule has 0 unspecified atom stereocenters. The molecule has 0 N–H and O–H groups in total. The summed E-state index contributed by atoms with van der Waals surface area (Å²) >= 11 is 6.85. The highest BCUT2D eigenvalue weighted by Crippen LogP contribution is 2.36. The number of nitrogens with zero attached hydrogens (tertiary/aromatic N) is 4. The zero-order valence-corrected chi connectivity index (χ0v) is 27.9. The summed E-state index contributed by atoms with van der Waals surface area (Å²) in [6, 6.07) is 22.0. The van der Waals surface area contributed by atoms with Crippen LogP contribution in [0.5, 0.6) is 11.5 Å². The molecular formula is C33H34N4O5S3. The lowest BCUT2D eigenvalue weighted by atomic mass is 10.1. The molecule has 1 aromatic heterocycles. The Balaban J connectivity index is 1.48. The van der Waals surface area contributed by atoms with Crippen LogP contribution >= 0.6 is 24.0 Å². The zero-order chi connectivity index (χ0) is 32.1. The first-order valence-electron chi connectivity index (χ1n) is 14.4. The Labute approximate surface area is 273 Å². The Bertz CT molecular complexity index is 1850. The van der Waals surface area contributed by atoms with Crippen LogP contribution in [0.4, 0.5) is 0 Å². The number of hydrogen-bond acceptors (Lipinski definition) is 8. The van der Waals surface area contributed by atoms with Gasteiger partial charge in [-0.1, -0.05) is 74.2 Å². The molecule has 45 heavy (non-hydrogen) atoms. The van der Waals surface area contributed by atoms with Crippen LogP contribution in [0.25, 0.3) is 23.0 Å². The number of ether oxygens (including phenoxy) is 2. The summed E-state index contributed by atoms with van der Waals surface area (Å²) in [5.41, 5.74) is 3.64. The van der Waals surface area contributed by atoms with Crippen LogP contribution in [0.1, 0.15) is 25.0 Å². The van der Waals surface area contributed by atoms with Crippen molar-refractivity contribution in [2.24, 2.45) is 0 Å². The number of hydrogen-bond donors (Lipinski definition) is 0. The minimum absolute atomic E-state index is 0.186. The molecule has 0 spiro atoms. The van der Waals surface area contributed by atoms with Crippen LogP contribution in [-0.2, 0) is 21.2 Å². The van der Waals surface area contributed by atoms with Crippen molar-refractivity contribution in [3.63, 3.8) is 0 Å². The van der Waals surface area contributed by atoms with Crippen molar-refractivity contribution in [1.29, 1.82) is 0 Å². The molecule has 0 atom stereocenters. The predicted octanol–water partition coefficient (Wildman–Crippen LogP) is 6.03. The van der Waals surface area contributed by atoms with Crippen molar-refractivity contribution in [2.75, 3.05) is 33.9 Å². The second-order valence-electron chi connectivity index (χ2n) is 10.1. The second kappa shape index (κ2) is 14.0. The predicted molar refractivity (Wildman–Crippen MR) is 182 cm³/mol. The first kappa shape index (κ1) is 32.4. The topological polar surface area (TPSA) is 94.0 Å². The number of carbonyl (C=O) groups is 1. The minimum Gasteiger partial charge on any atom is -0.493 e. The first-order valence-corrected chi connectivity index (χ1v) is 17.1. The summed E-state index contributed by atoms with van der Waals surface area (Å²) in [4.78, 5) is 15.9. The van der Waals surface area contributed by atoms with E-state index in [1.807, 2.05) is 74.6 Å². The fourth-order valence-corrected chi connectivity index (χ4v) is 7.86. The fourth-order valence-electron chi connectivity index (χ4n) is 5.06. The van der Waals surface area contributed by atoms with Crippen molar-refractivity contribution < 1.29 is 22.7 Å². The van der Waals surface area contributed by atoms with Crippen molar-refractivity contribution in [3.05, 3.63) is 95.0 Å². The molecule has 0 bridgehead atoms. The molecule has 0 saturated carbocycles. The number of methoxy groups -OCH3 is 2. The second-order valence-corrected chi connectivity index (χ2v) is 13.7. The average Bonchev–Trinajstić information content (AvgIpc) is 3.60. The van der Waals surface area contributed by atoms with Gasteiger partial charge in [-0.05, 0) is 54.5 Å². The normalized spacial score (nSPS) is 14.5. The van der Waals surface area contributed by atoms with Gasteiger partial charge in [0, 0.05) is 37.0 Å². The van der Waals surface area contributed by atoms with E-state index in [2.05, 4.69) is 0 Å². The van der Waals surface area contributed by atoms with Crippen LogP contribution in [0.2, 0.25) is 0 Å². The van der Waals surface area contributed by atoms with Crippen molar-refractivity contribution >= 4 is 50.3 Å². The molecule has 5 rings (SSSR count). The SMILES string of the molecule is CCN(CC)S(=O)(=O)c1cccc(-c2nn(-c3ccccc3)cc2/C=C2\SC(=S)N(CCc3ccc(OC)c(OC)c3)C2=O)c1. The zero-order valence-electron chi connectivity index (χ0n) is 25.5. The van der Waals surface area contributed by atoms with Crippen molar-refractivity contribution in [2.45, 2.75) is 25.2 Å². The summed E-state index contributed by atoms with van der Waals surface area (Å²) in [6.07, 6.45) is 4.19. The maximum Gasteiger partial charge on any atom is 0.266 e. The molecule has 12 heteroatoms. The van der Waals surface area contributed by atoms with Crippen molar-refractivity contribution in [3.8, 4) is 28.4 Å². The number of benzene rings is 3. The van der Waals surface area contributed by atoms with Crippen LogP contribution < -0.4 is 9.47 Å². The molecule has 1 aliphatic rings. The molecule has 1 fully saturated rings. The standard InChI is InChI=1S/C33H34N4O5S3/c1-5-35(6-2)45(39,40)27-14-10-11-24(20-27)31-25(22-37(34-31)26-12-8-7-9-13-26)21-30-32(38)36(33(43)44-30)18-17-23-15-16-28(41-3)29(19-23)42-4/h7-16,19-22H,5-6,17-18H2,1-4H3/b30-21-. The lowest BCUT2D eigenvalue weighted by Gasteiger charge is -2.18. The van der Waals surface area contributed by atoms with Gasteiger partial charge >= 0.3 is 0 Å². The molecule has 0 radical (unpaired) electrons. The van der Waals surface area contributed by atoms with E-state index in [9.17, 15) is 13.2 Å². The van der Waals surface area contributed by atoms with Gasteiger partial charge in [0.1, 0.15) is 10.0 Å². The van der Waals surface area contributed by atoms with Gasteiger partial charge in [-0.15, -0.1) is 0 Å². The number of amides is 1. The summed E-state index contributed by atoms with van der Waals surface area (Å²) in [7, 11) is -0.514. The third kappa shape index (κ3) is 6.84. The smallest absolute Gasteiger partial charge is 0.266 e. The van der Waals surface area contributed by atoms with Gasteiger partial charge in [-0.3, -0.25) is 9.69 Å². The number of aromatic nitrogens is 2. The third-order valence-electron chi connectivity index (χ3n) is 7.45. The lowest BCUT2D eigenvalue weighted by Crippen LogP contribution is -2.30. The highest BCUT2D eigenvalue weighted by molar-refractivity contribution is 8.26. The molecule has 0 aliphatic carbocycles. The van der Waals surface area contributed by atoms with Gasteiger partial charge in [0.2, 0.25) is 10.0 Å². The van der Waals surface area contributed by atoms with Crippen LogP contribution in [0.15, 0.2) is 88.8 Å². The van der Waals surface area contributed by atoms with Gasteiger partial charge < -0.3 is 9.47 Å². The first-order chi connectivity index (χ1) is 21.7. The summed E-state index contributed by atoms with van der Waals surface area (Å²) < 4.78 is 41.0. The molecule has 9 nitrogen and oxygen atoms in total. The molecule has 2 heterocycles. The quantitative estimate of drug-likeness (QED) is 0.134. The maximum atomic E-state index is 13.6. The molecule has 3 aromatic carbocycles. The van der Waals surface area contributed by atoms with E-state index >= 15 is 0 Å². The highest BCUT2D eigenvalue weighted by Gasteiger charge is 2.32. The third-order valence-corrected chi connectivity index (χ3v) is 10.9. The van der Waals surface area contributed by atoms with E-state index in [-0.39, 0.29) is 10.8 Å². The Morgan fingerprint density at radius 3 is 2.38 bits per heavy atom. The van der Waals surface area contributed by atoms with Crippen LogP contribution in [-0.4, -0.2) is 71.5 Å². The molecular weight excluding hydrogens is 629 g/mol. The van der Waals surface area contributed by atoms with E-state index < -0.39 is 10.0 Å². The minimum atomic E-state index is -3.69. The number of thioether (sulfide) groups is 1. The Kier molecular flexibility index (Phi) is 10.1. The largest absolute Gasteiger partial charge is 0.493 e. The molecule has 1 amide bonds. The summed E-state index contributed by atoms with van der Waals surface area (Å²) in [5, 5.41) is 4.85. The van der Waals surface area contributed by atoms with Crippen molar-refractivity contribution in [1.82, 2.24) is 19.0 Å². The maximum absolute atomic E-state index is 13.6. The van der Waals surface area contributed by atoms with E-state index in [1.165, 1.54) is 16.1 Å². The molecule has 1 saturated heterocycles. The van der Waals surface area contributed by atoms with Gasteiger partial charge in [0.25, 0.3) is 5.91 Å².